The van der Waals surface area contributed by atoms with Gasteiger partial charge in [0, 0.05) is 6.61 Å². The molecule has 1 spiro atoms. The molecule has 2 saturated heterocycles. The molecule has 0 aromatic carbocycles. The molecule has 2 aliphatic rings. The van der Waals surface area contributed by atoms with Crippen LogP contribution in [0, 0.1) is 17.8 Å². The zero-order chi connectivity index (χ0) is 14.4. The van der Waals surface area contributed by atoms with E-state index in [9.17, 15) is 0 Å². The van der Waals surface area contributed by atoms with Gasteiger partial charge in [-0.2, -0.15) is 11.8 Å². The molecular formula is C17H33NOS. The Morgan fingerprint density at radius 1 is 1.30 bits per heavy atom. The summed E-state index contributed by atoms with van der Waals surface area (Å²) < 4.78 is 6.24. The minimum absolute atomic E-state index is 0.249. The van der Waals surface area contributed by atoms with E-state index in [4.69, 9.17) is 4.74 Å². The van der Waals surface area contributed by atoms with Gasteiger partial charge in [-0.05, 0) is 74.5 Å². The molecule has 0 aliphatic carbocycles. The number of rotatable bonds is 6. The summed E-state index contributed by atoms with van der Waals surface area (Å²) >= 11 is 2.10. The first kappa shape index (κ1) is 16.6. The third-order valence-electron chi connectivity index (χ3n) is 5.47. The van der Waals surface area contributed by atoms with Gasteiger partial charge in [0.15, 0.2) is 0 Å². The van der Waals surface area contributed by atoms with Gasteiger partial charge < -0.3 is 10.1 Å². The monoisotopic (exact) mass is 299 g/mol. The quantitative estimate of drug-likeness (QED) is 0.750. The van der Waals surface area contributed by atoms with Gasteiger partial charge in [0.25, 0.3) is 0 Å². The van der Waals surface area contributed by atoms with Crippen LogP contribution in [0.1, 0.15) is 52.9 Å². The van der Waals surface area contributed by atoms with Gasteiger partial charge in [-0.25, -0.2) is 0 Å². The molecular weight excluding hydrogens is 266 g/mol. The van der Waals surface area contributed by atoms with Crippen molar-refractivity contribution in [2.24, 2.45) is 17.8 Å². The van der Waals surface area contributed by atoms with Gasteiger partial charge >= 0.3 is 0 Å². The lowest BCUT2D eigenvalue weighted by atomic mass is 9.73. The van der Waals surface area contributed by atoms with Crippen LogP contribution in [0.25, 0.3) is 0 Å². The smallest absolute Gasteiger partial charge is 0.0701 e. The summed E-state index contributed by atoms with van der Waals surface area (Å²) in [6.07, 6.45) is 6.38. The summed E-state index contributed by atoms with van der Waals surface area (Å²) in [5.41, 5.74) is 0.249. The zero-order valence-corrected chi connectivity index (χ0v) is 14.4. The Balaban J connectivity index is 1.84. The van der Waals surface area contributed by atoms with E-state index in [0.717, 1.165) is 30.9 Å². The molecule has 3 atom stereocenters. The van der Waals surface area contributed by atoms with Crippen LogP contribution in [-0.4, -0.2) is 36.8 Å². The first-order chi connectivity index (χ1) is 9.67. The molecule has 0 saturated carbocycles. The first-order valence-electron chi connectivity index (χ1n) is 8.59. The highest BCUT2D eigenvalue weighted by molar-refractivity contribution is 7.99. The van der Waals surface area contributed by atoms with Crippen LogP contribution >= 0.6 is 11.8 Å². The second kappa shape index (κ2) is 8.05. The van der Waals surface area contributed by atoms with Crippen molar-refractivity contribution in [3.63, 3.8) is 0 Å². The van der Waals surface area contributed by atoms with Crippen molar-refractivity contribution >= 4 is 11.8 Å². The van der Waals surface area contributed by atoms with E-state index in [1.165, 1.54) is 50.2 Å². The second-order valence-electron chi connectivity index (χ2n) is 6.94. The van der Waals surface area contributed by atoms with Crippen LogP contribution < -0.4 is 5.32 Å². The molecule has 3 heteroatoms. The molecule has 2 nitrogen and oxygen atoms in total. The molecule has 2 fully saturated rings. The second-order valence-corrected chi connectivity index (χ2v) is 8.16. The van der Waals surface area contributed by atoms with Gasteiger partial charge in [0.1, 0.15) is 0 Å². The van der Waals surface area contributed by atoms with E-state index >= 15 is 0 Å². The van der Waals surface area contributed by atoms with Crippen LogP contribution in [-0.2, 0) is 4.74 Å². The Kier molecular flexibility index (Phi) is 6.70. The lowest BCUT2D eigenvalue weighted by molar-refractivity contribution is -0.112. The summed E-state index contributed by atoms with van der Waals surface area (Å²) in [5.74, 6) is 5.06. The van der Waals surface area contributed by atoms with Gasteiger partial charge in [0.2, 0.25) is 0 Å². The molecule has 1 N–H and O–H groups in total. The Bertz CT molecular complexity index is 273. The summed E-state index contributed by atoms with van der Waals surface area (Å²) in [6, 6.07) is 0. The molecule has 2 rings (SSSR count). The molecule has 2 heterocycles. The Morgan fingerprint density at radius 2 is 2.05 bits per heavy atom. The van der Waals surface area contributed by atoms with Crippen LogP contribution in [0.4, 0.5) is 0 Å². The van der Waals surface area contributed by atoms with Crippen LogP contribution in [0.5, 0.6) is 0 Å². The SMILES string of the molecule is CCCNCC(C)C(C)C1CCOC2(CCSCC2)C1. The topological polar surface area (TPSA) is 21.3 Å². The Morgan fingerprint density at radius 3 is 2.75 bits per heavy atom. The van der Waals surface area contributed by atoms with Crippen molar-refractivity contribution < 1.29 is 4.74 Å². The highest BCUT2D eigenvalue weighted by Gasteiger charge is 2.40. The van der Waals surface area contributed by atoms with Gasteiger partial charge in [0.05, 0.1) is 5.60 Å². The number of nitrogens with one attached hydrogen (secondary N) is 1. The van der Waals surface area contributed by atoms with Crippen molar-refractivity contribution in [2.75, 3.05) is 31.2 Å². The van der Waals surface area contributed by atoms with Crippen LogP contribution in [0.3, 0.4) is 0 Å². The van der Waals surface area contributed by atoms with Crippen molar-refractivity contribution in [1.29, 1.82) is 0 Å². The number of ether oxygens (including phenoxy) is 1. The lowest BCUT2D eigenvalue weighted by Gasteiger charge is -2.45. The molecule has 20 heavy (non-hydrogen) atoms. The fourth-order valence-corrected chi connectivity index (χ4v) is 5.00. The third-order valence-corrected chi connectivity index (χ3v) is 6.45. The fraction of sp³-hybridized carbons (Fsp3) is 1.00. The normalized spacial score (nSPS) is 29.2. The van der Waals surface area contributed by atoms with E-state index in [-0.39, 0.29) is 5.60 Å². The van der Waals surface area contributed by atoms with Crippen molar-refractivity contribution in [2.45, 2.75) is 58.5 Å². The van der Waals surface area contributed by atoms with Crippen molar-refractivity contribution in [1.82, 2.24) is 5.32 Å². The molecule has 3 unspecified atom stereocenters. The van der Waals surface area contributed by atoms with Gasteiger partial charge in [-0.15, -0.1) is 0 Å². The van der Waals surface area contributed by atoms with E-state index in [1.54, 1.807) is 0 Å². The van der Waals surface area contributed by atoms with Gasteiger partial charge in [-0.3, -0.25) is 0 Å². The summed E-state index contributed by atoms with van der Waals surface area (Å²) in [4.78, 5) is 0. The zero-order valence-electron chi connectivity index (χ0n) is 13.6. The minimum Gasteiger partial charge on any atom is -0.375 e. The maximum absolute atomic E-state index is 6.24. The summed E-state index contributed by atoms with van der Waals surface area (Å²) in [5, 5.41) is 3.59. The van der Waals surface area contributed by atoms with E-state index in [1.807, 2.05) is 0 Å². The van der Waals surface area contributed by atoms with Crippen LogP contribution in [0.15, 0.2) is 0 Å². The predicted octanol–water partition coefficient (Wildman–Crippen LogP) is 3.95. The summed E-state index contributed by atoms with van der Waals surface area (Å²) in [7, 11) is 0. The highest BCUT2D eigenvalue weighted by Crippen LogP contribution is 2.43. The largest absolute Gasteiger partial charge is 0.375 e. The fourth-order valence-electron chi connectivity index (χ4n) is 3.76. The van der Waals surface area contributed by atoms with E-state index in [2.05, 4.69) is 37.8 Å². The maximum Gasteiger partial charge on any atom is 0.0701 e. The molecule has 0 radical (unpaired) electrons. The molecule has 2 aliphatic heterocycles. The molecule has 0 aromatic heterocycles. The molecule has 118 valence electrons. The third kappa shape index (κ3) is 4.38. The highest BCUT2D eigenvalue weighted by atomic mass is 32.2. The van der Waals surface area contributed by atoms with E-state index < -0.39 is 0 Å². The van der Waals surface area contributed by atoms with E-state index in [0.29, 0.717) is 0 Å². The number of hydrogen-bond acceptors (Lipinski definition) is 3. The summed E-state index contributed by atoms with van der Waals surface area (Å²) in [6.45, 7) is 10.5. The maximum atomic E-state index is 6.24. The molecule has 0 bridgehead atoms. The Hall–Kier alpha value is 0.270. The molecule has 0 aromatic rings. The van der Waals surface area contributed by atoms with Gasteiger partial charge in [-0.1, -0.05) is 20.8 Å². The average Bonchev–Trinajstić information content (AvgIpc) is 2.47. The number of thioether (sulfide) groups is 1. The minimum atomic E-state index is 0.249. The standard InChI is InChI=1S/C17H33NOS/c1-4-8-18-13-14(2)15(3)16-5-9-19-17(12-16)6-10-20-11-7-17/h14-16,18H,4-13H2,1-3H3. The van der Waals surface area contributed by atoms with Crippen molar-refractivity contribution in [3.05, 3.63) is 0 Å². The van der Waals surface area contributed by atoms with Crippen molar-refractivity contribution in [3.8, 4) is 0 Å². The molecule has 0 amide bonds. The number of hydrogen-bond donors (Lipinski definition) is 1. The lowest BCUT2D eigenvalue weighted by Crippen LogP contribution is -2.45. The van der Waals surface area contributed by atoms with Crippen LogP contribution in [0.2, 0.25) is 0 Å². The Labute approximate surface area is 129 Å². The predicted molar refractivity (Wildman–Crippen MR) is 89.5 cm³/mol. The average molecular weight is 300 g/mol. The first-order valence-corrected chi connectivity index (χ1v) is 9.75.